The van der Waals surface area contributed by atoms with Gasteiger partial charge in [-0.1, -0.05) is 12.8 Å². The van der Waals surface area contributed by atoms with Crippen molar-refractivity contribution in [2.75, 3.05) is 11.9 Å². The second kappa shape index (κ2) is 6.31. The largest absolute Gasteiger partial charge is 0.416 e. The summed E-state index contributed by atoms with van der Waals surface area (Å²) in [6.07, 6.45) is -0.545. The first-order chi connectivity index (χ1) is 10.9. The maximum absolute atomic E-state index is 13.2. The van der Waals surface area contributed by atoms with Crippen LogP contribution in [0.3, 0.4) is 0 Å². The smallest absolute Gasteiger partial charge is 0.366 e. The number of aryl methyl sites for hydroxylation is 1. The van der Waals surface area contributed by atoms with Crippen LogP contribution in [0.4, 0.5) is 19.0 Å². The zero-order valence-corrected chi connectivity index (χ0v) is 12.7. The molecule has 2 aromatic heterocycles. The fourth-order valence-corrected chi connectivity index (χ4v) is 2.79. The van der Waals surface area contributed by atoms with Crippen molar-refractivity contribution < 1.29 is 17.9 Å². The first-order valence-corrected chi connectivity index (χ1v) is 7.54. The number of rotatable bonds is 5. The first kappa shape index (κ1) is 16.0. The number of fused-ring (bicyclic) bond motifs is 1. The monoisotopic (exact) mass is 329 g/mol. The number of nitrogens with one attached hydrogen (secondary N) is 1. The van der Waals surface area contributed by atoms with E-state index in [4.69, 9.17) is 4.74 Å². The minimum Gasteiger partial charge on any atom is -0.366 e. The molecule has 1 atom stereocenters. The molecule has 0 radical (unpaired) electrons. The lowest BCUT2D eigenvalue weighted by Crippen LogP contribution is -2.40. The molecule has 0 spiro atoms. The quantitative estimate of drug-likeness (QED) is 0.914. The van der Waals surface area contributed by atoms with Gasteiger partial charge in [0.25, 0.3) is 0 Å². The molecule has 23 heavy (non-hydrogen) atoms. The third-order valence-electron chi connectivity index (χ3n) is 4.01. The van der Waals surface area contributed by atoms with Gasteiger partial charge >= 0.3 is 6.18 Å². The molecule has 0 bridgehead atoms. The summed E-state index contributed by atoms with van der Waals surface area (Å²) in [5.74, 6) is 0.326. The van der Waals surface area contributed by atoms with Gasteiger partial charge in [-0.2, -0.15) is 18.3 Å². The molecule has 0 aliphatic heterocycles. The summed E-state index contributed by atoms with van der Waals surface area (Å²) in [5, 5.41) is 7.35. The van der Waals surface area contributed by atoms with Crippen LogP contribution in [0.1, 0.15) is 25.7 Å². The highest BCUT2D eigenvalue weighted by Crippen LogP contribution is 2.29. The number of ether oxygens (including phenoxy) is 1. The summed E-state index contributed by atoms with van der Waals surface area (Å²) in [6.45, 7) is -0.388. The van der Waals surface area contributed by atoms with Gasteiger partial charge in [0.15, 0.2) is 11.8 Å². The maximum atomic E-state index is 13.2. The summed E-state index contributed by atoms with van der Waals surface area (Å²) in [4.78, 5) is 8.06. The van der Waals surface area contributed by atoms with Crippen molar-refractivity contribution in [2.24, 2.45) is 7.05 Å². The predicted molar refractivity (Wildman–Crippen MR) is 78.0 cm³/mol. The van der Waals surface area contributed by atoms with E-state index in [0.29, 0.717) is 29.7 Å². The second-order valence-electron chi connectivity index (χ2n) is 5.68. The number of nitrogens with zero attached hydrogens (tertiary/aromatic N) is 4. The van der Waals surface area contributed by atoms with Crippen molar-refractivity contribution in [3.8, 4) is 0 Å². The van der Waals surface area contributed by atoms with Crippen LogP contribution in [0.15, 0.2) is 12.5 Å². The van der Waals surface area contributed by atoms with Gasteiger partial charge in [0.2, 0.25) is 0 Å². The molecule has 3 rings (SSSR count). The van der Waals surface area contributed by atoms with Crippen LogP contribution in [0.2, 0.25) is 0 Å². The molecule has 0 amide bonds. The van der Waals surface area contributed by atoms with Crippen molar-refractivity contribution in [3.63, 3.8) is 0 Å². The lowest BCUT2D eigenvalue weighted by atomic mass is 10.2. The Hall–Kier alpha value is -1.90. The minimum atomic E-state index is -4.42. The van der Waals surface area contributed by atoms with Gasteiger partial charge < -0.3 is 10.1 Å². The van der Waals surface area contributed by atoms with Crippen molar-refractivity contribution in [1.29, 1.82) is 0 Å². The van der Waals surface area contributed by atoms with Gasteiger partial charge in [-0.3, -0.25) is 4.68 Å². The molecule has 1 aliphatic rings. The molecule has 0 aromatic carbocycles. The number of anilines is 1. The van der Waals surface area contributed by atoms with Crippen molar-refractivity contribution in [3.05, 3.63) is 12.5 Å². The SMILES string of the molecule is Cn1ncc2c(NCC(OC3CCCC3)C(F)(F)F)ncnc21. The maximum Gasteiger partial charge on any atom is 0.416 e. The minimum absolute atomic E-state index is 0.313. The van der Waals surface area contributed by atoms with Crippen LogP contribution in [0.25, 0.3) is 11.0 Å². The van der Waals surface area contributed by atoms with Crippen molar-refractivity contribution in [2.45, 2.75) is 44.1 Å². The highest BCUT2D eigenvalue weighted by Gasteiger charge is 2.42. The Labute approximate surface area is 131 Å². The van der Waals surface area contributed by atoms with E-state index in [-0.39, 0.29) is 12.6 Å². The molecule has 1 unspecified atom stereocenters. The van der Waals surface area contributed by atoms with Gasteiger partial charge in [0, 0.05) is 7.05 Å². The number of alkyl halides is 3. The number of hydrogen-bond acceptors (Lipinski definition) is 5. The van der Waals surface area contributed by atoms with Crippen LogP contribution in [0, 0.1) is 0 Å². The van der Waals surface area contributed by atoms with Crippen molar-refractivity contribution in [1.82, 2.24) is 19.7 Å². The summed E-state index contributed by atoms with van der Waals surface area (Å²) in [7, 11) is 1.71. The Balaban J connectivity index is 1.72. The molecule has 1 aliphatic carbocycles. The highest BCUT2D eigenvalue weighted by molar-refractivity contribution is 5.85. The van der Waals surface area contributed by atoms with Crippen LogP contribution in [-0.4, -0.2) is 44.7 Å². The molecule has 9 heteroatoms. The molecular formula is C14H18F3N5O. The topological polar surface area (TPSA) is 64.9 Å². The normalized spacial score (nSPS) is 17.7. The Morgan fingerprint density at radius 3 is 2.78 bits per heavy atom. The zero-order valence-electron chi connectivity index (χ0n) is 12.7. The average Bonchev–Trinajstić information content (AvgIpc) is 3.13. The summed E-state index contributed by atoms with van der Waals surface area (Å²) in [6, 6.07) is 0. The fourth-order valence-electron chi connectivity index (χ4n) is 2.79. The third kappa shape index (κ3) is 3.54. The molecule has 1 fully saturated rings. The molecule has 6 nitrogen and oxygen atoms in total. The summed E-state index contributed by atoms with van der Waals surface area (Å²) < 4.78 is 46.3. The number of aromatic nitrogens is 4. The molecule has 0 saturated heterocycles. The van der Waals surface area contributed by atoms with Gasteiger partial charge in [0.05, 0.1) is 24.2 Å². The van der Waals surface area contributed by atoms with E-state index in [1.165, 1.54) is 12.5 Å². The predicted octanol–water partition coefficient (Wildman–Crippen LogP) is 2.67. The van der Waals surface area contributed by atoms with Crippen LogP contribution < -0.4 is 5.32 Å². The summed E-state index contributed by atoms with van der Waals surface area (Å²) >= 11 is 0. The number of halogens is 3. The Bertz CT molecular complexity index is 666. The molecule has 1 N–H and O–H groups in total. The number of hydrogen-bond donors (Lipinski definition) is 1. The highest BCUT2D eigenvalue weighted by atomic mass is 19.4. The Morgan fingerprint density at radius 2 is 2.09 bits per heavy atom. The van der Waals surface area contributed by atoms with E-state index in [2.05, 4.69) is 20.4 Å². The van der Waals surface area contributed by atoms with Crippen LogP contribution in [-0.2, 0) is 11.8 Å². The van der Waals surface area contributed by atoms with Crippen molar-refractivity contribution >= 4 is 16.9 Å². The first-order valence-electron chi connectivity index (χ1n) is 7.54. The zero-order chi connectivity index (χ0) is 16.4. The standard InChI is InChI=1S/C14H18F3N5O/c1-22-13-10(6-21-22)12(19-8-20-13)18-7-11(14(15,16)17)23-9-4-2-3-5-9/h6,8-9,11H,2-5,7H2,1H3,(H,18,19,20). The average molecular weight is 329 g/mol. The van der Waals surface area contributed by atoms with E-state index in [1.807, 2.05) is 0 Å². The van der Waals surface area contributed by atoms with Gasteiger partial charge in [0.1, 0.15) is 12.1 Å². The van der Waals surface area contributed by atoms with E-state index in [9.17, 15) is 13.2 Å². The lowest BCUT2D eigenvalue weighted by molar-refractivity contribution is -0.227. The molecule has 1 saturated carbocycles. The molecule has 2 heterocycles. The molecule has 2 aromatic rings. The van der Waals surface area contributed by atoms with E-state index in [1.54, 1.807) is 11.7 Å². The Kier molecular flexibility index (Phi) is 4.38. The van der Waals surface area contributed by atoms with Crippen LogP contribution >= 0.6 is 0 Å². The van der Waals surface area contributed by atoms with E-state index < -0.39 is 12.3 Å². The fraction of sp³-hybridized carbons (Fsp3) is 0.643. The van der Waals surface area contributed by atoms with E-state index >= 15 is 0 Å². The van der Waals surface area contributed by atoms with Crippen LogP contribution in [0.5, 0.6) is 0 Å². The van der Waals surface area contributed by atoms with Gasteiger partial charge in [-0.05, 0) is 12.8 Å². The lowest BCUT2D eigenvalue weighted by Gasteiger charge is -2.24. The third-order valence-corrected chi connectivity index (χ3v) is 4.01. The second-order valence-corrected chi connectivity index (χ2v) is 5.68. The van der Waals surface area contributed by atoms with Gasteiger partial charge in [-0.25, -0.2) is 9.97 Å². The molecular weight excluding hydrogens is 311 g/mol. The Morgan fingerprint density at radius 1 is 1.35 bits per heavy atom. The van der Waals surface area contributed by atoms with E-state index in [0.717, 1.165) is 12.8 Å². The molecule has 126 valence electrons. The van der Waals surface area contributed by atoms with Gasteiger partial charge in [-0.15, -0.1) is 0 Å². The summed E-state index contributed by atoms with van der Waals surface area (Å²) in [5.41, 5.74) is 0.558.